The summed E-state index contributed by atoms with van der Waals surface area (Å²) in [6.07, 6.45) is 13.8. The maximum absolute atomic E-state index is 2.37. The zero-order valence-electron chi connectivity index (χ0n) is 9.60. The number of rotatable bonds is 3. The quantitative estimate of drug-likeness (QED) is 0.601. The van der Waals surface area contributed by atoms with Crippen LogP contribution in [-0.2, 0) is 0 Å². The van der Waals surface area contributed by atoms with E-state index >= 15 is 0 Å². The van der Waals surface area contributed by atoms with Crippen LogP contribution in [0.3, 0.4) is 0 Å². The first-order valence-corrected chi connectivity index (χ1v) is 7.80. The Kier molecular flexibility index (Phi) is 4.29. The standard InChI is InChI=1S/C13H25P/c1-2-11-8-9-13(10-11)14-12-6-4-3-5-7-12/h11-14H,2-10H2,1H3/t11?,13-/m0/s1. The van der Waals surface area contributed by atoms with Gasteiger partial charge in [-0.2, -0.15) is 0 Å². The second-order valence-corrected chi connectivity index (χ2v) is 7.25. The first-order chi connectivity index (χ1) is 6.88. The third-order valence-corrected chi connectivity index (χ3v) is 6.24. The van der Waals surface area contributed by atoms with Crippen molar-refractivity contribution in [1.82, 2.24) is 0 Å². The molecule has 0 aromatic rings. The number of hydrogen-bond donors (Lipinski definition) is 0. The van der Waals surface area contributed by atoms with E-state index in [1.807, 2.05) is 0 Å². The minimum absolute atomic E-state index is 1.09. The van der Waals surface area contributed by atoms with Crippen LogP contribution < -0.4 is 0 Å². The van der Waals surface area contributed by atoms with E-state index in [-0.39, 0.29) is 0 Å². The van der Waals surface area contributed by atoms with E-state index in [1.54, 1.807) is 32.1 Å². The molecule has 14 heavy (non-hydrogen) atoms. The molecule has 0 nitrogen and oxygen atoms in total. The highest BCUT2D eigenvalue weighted by atomic mass is 31.1. The van der Waals surface area contributed by atoms with Crippen LogP contribution in [0.4, 0.5) is 0 Å². The zero-order valence-corrected chi connectivity index (χ0v) is 10.6. The molecule has 1 heteroatoms. The van der Waals surface area contributed by atoms with Gasteiger partial charge in [0.05, 0.1) is 0 Å². The summed E-state index contributed by atoms with van der Waals surface area (Å²) >= 11 is 0. The van der Waals surface area contributed by atoms with Gasteiger partial charge in [0.2, 0.25) is 0 Å². The lowest BCUT2D eigenvalue weighted by Crippen LogP contribution is -2.10. The fourth-order valence-corrected chi connectivity index (χ4v) is 5.41. The molecule has 2 unspecified atom stereocenters. The van der Waals surface area contributed by atoms with Gasteiger partial charge in [-0.15, -0.1) is 8.58 Å². The van der Waals surface area contributed by atoms with Crippen LogP contribution in [-0.4, -0.2) is 11.3 Å². The van der Waals surface area contributed by atoms with Crippen LogP contribution in [0.15, 0.2) is 0 Å². The van der Waals surface area contributed by atoms with E-state index in [1.165, 1.54) is 34.3 Å². The van der Waals surface area contributed by atoms with Gasteiger partial charge in [0.15, 0.2) is 0 Å². The average molecular weight is 212 g/mol. The monoisotopic (exact) mass is 212 g/mol. The predicted molar refractivity (Wildman–Crippen MR) is 66.6 cm³/mol. The molecule has 0 aromatic heterocycles. The highest BCUT2D eigenvalue weighted by Crippen LogP contribution is 2.44. The Morgan fingerprint density at radius 1 is 0.929 bits per heavy atom. The number of hydrogen-bond acceptors (Lipinski definition) is 0. The summed E-state index contributed by atoms with van der Waals surface area (Å²) in [7, 11) is 1.32. The predicted octanol–water partition coefficient (Wildman–Crippen LogP) is 4.58. The molecule has 3 atom stereocenters. The Hall–Kier alpha value is 0.430. The Bertz CT molecular complexity index is 161. The van der Waals surface area contributed by atoms with Gasteiger partial charge in [-0.3, -0.25) is 0 Å². The SMILES string of the molecule is CCC1CC[C@H](PC2CCCCC2)C1. The van der Waals surface area contributed by atoms with Crippen molar-refractivity contribution < 1.29 is 0 Å². The molecular weight excluding hydrogens is 187 g/mol. The summed E-state index contributed by atoms with van der Waals surface area (Å²) in [5.41, 5.74) is 2.28. The largest absolute Gasteiger partial charge is 0.116 e. The Morgan fingerprint density at radius 2 is 1.71 bits per heavy atom. The Labute approximate surface area is 91.0 Å². The highest BCUT2D eigenvalue weighted by Gasteiger charge is 2.26. The van der Waals surface area contributed by atoms with Gasteiger partial charge in [-0.25, -0.2) is 0 Å². The molecular formula is C13H25P. The van der Waals surface area contributed by atoms with Crippen LogP contribution in [0.25, 0.3) is 0 Å². The van der Waals surface area contributed by atoms with Gasteiger partial charge in [-0.1, -0.05) is 32.6 Å². The topological polar surface area (TPSA) is 0 Å². The summed E-state index contributed by atoms with van der Waals surface area (Å²) in [6, 6.07) is 0. The Morgan fingerprint density at radius 3 is 2.36 bits per heavy atom. The Balaban J connectivity index is 1.69. The van der Waals surface area contributed by atoms with Crippen molar-refractivity contribution in [2.75, 3.05) is 0 Å². The maximum Gasteiger partial charge on any atom is -0.0231 e. The highest BCUT2D eigenvalue weighted by molar-refractivity contribution is 7.39. The minimum Gasteiger partial charge on any atom is -0.116 e. The normalized spacial score (nSPS) is 35.8. The van der Waals surface area contributed by atoms with Gasteiger partial charge in [0.1, 0.15) is 0 Å². The van der Waals surface area contributed by atoms with Crippen LogP contribution >= 0.6 is 8.58 Å². The van der Waals surface area contributed by atoms with Crippen molar-refractivity contribution in [2.24, 2.45) is 5.92 Å². The van der Waals surface area contributed by atoms with E-state index in [2.05, 4.69) is 6.92 Å². The van der Waals surface area contributed by atoms with E-state index in [0.29, 0.717) is 0 Å². The molecule has 0 heterocycles. The molecule has 0 N–H and O–H groups in total. The summed E-state index contributed by atoms with van der Waals surface area (Å²) in [6.45, 7) is 2.37. The lowest BCUT2D eigenvalue weighted by molar-refractivity contribution is 0.509. The van der Waals surface area contributed by atoms with Crippen LogP contribution in [0, 0.1) is 5.92 Å². The molecule has 2 saturated carbocycles. The summed E-state index contributed by atoms with van der Waals surface area (Å²) in [5.74, 6) is 1.09. The third-order valence-electron chi connectivity index (χ3n) is 4.20. The first-order valence-electron chi connectivity index (χ1n) is 6.64. The molecule has 2 rings (SSSR count). The van der Waals surface area contributed by atoms with Gasteiger partial charge < -0.3 is 0 Å². The molecule has 82 valence electrons. The van der Waals surface area contributed by atoms with E-state index < -0.39 is 0 Å². The van der Waals surface area contributed by atoms with Crippen molar-refractivity contribution >= 4 is 8.58 Å². The van der Waals surface area contributed by atoms with Crippen LogP contribution in [0.1, 0.15) is 64.7 Å². The van der Waals surface area contributed by atoms with Crippen molar-refractivity contribution in [1.29, 1.82) is 0 Å². The lowest BCUT2D eigenvalue weighted by Gasteiger charge is -2.24. The molecule has 0 spiro atoms. The lowest BCUT2D eigenvalue weighted by atomic mass is 10.0. The molecule has 0 radical (unpaired) electrons. The van der Waals surface area contributed by atoms with Crippen molar-refractivity contribution in [2.45, 2.75) is 76.0 Å². The van der Waals surface area contributed by atoms with Crippen molar-refractivity contribution in [3.63, 3.8) is 0 Å². The average Bonchev–Trinajstić information content (AvgIpc) is 2.67. The fraction of sp³-hybridized carbons (Fsp3) is 1.00. The summed E-state index contributed by atoms with van der Waals surface area (Å²) in [5, 5.41) is 0. The summed E-state index contributed by atoms with van der Waals surface area (Å²) < 4.78 is 0. The van der Waals surface area contributed by atoms with Crippen molar-refractivity contribution in [3.8, 4) is 0 Å². The second-order valence-electron chi connectivity index (χ2n) is 5.29. The molecule has 2 fully saturated rings. The van der Waals surface area contributed by atoms with Crippen molar-refractivity contribution in [3.05, 3.63) is 0 Å². The third kappa shape index (κ3) is 2.96. The molecule has 0 saturated heterocycles. The molecule has 0 aliphatic heterocycles. The van der Waals surface area contributed by atoms with Crippen LogP contribution in [0.2, 0.25) is 0 Å². The van der Waals surface area contributed by atoms with E-state index in [9.17, 15) is 0 Å². The minimum atomic E-state index is 1.09. The smallest absolute Gasteiger partial charge is 0.0231 e. The van der Waals surface area contributed by atoms with Gasteiger partial charge >= 0.3 is 0 Å². The second kappa shape index (κ2) is 5.50. The zero-order chi connectivity index (χ0) is 9.80. The van der Waals surface area contributed by atoms with E-state index in [0.717, 1.165) is 17.2 Å². The van der Waals surface area contributed by atoms with Gasteiger partial charge in [0, 0.05) is 0 Å². The molecule has 0 amide bonds. The maximum atomic E-state index is 2.37. The van der Waals surface area contributed by atoms with Gasteiger partial charge in [0.25, 0.3) is 0 Å². The fourth-order valence-electron chi connectivity index (χ4n) is 3.20. The molecule has 0 aromatic carbocycles. The first kappa shape index (κ1) is 10.9. The van der Waals surface area contributed by atoms with Gasteiger partial charge in [-0.05, 0) is 49.3 Å². The molecule has 2 aliphatic carbocycles. The van der Waals surface area contributed by atoms with E-state index in [4.69, 9.17) is 0 Å². The van der Waals surface area contributed by atoms with Crippen LogP contribution in [0.5, 0.6) is 0 Å². The molecule has 0 bridgehead atoms. The summed E-state index contributed by atoms with van der Waals surface area (Å²) in [4.78, 5) is 0. The molecule has 2 aliphatic rings.